The highest BCUT2D eigenvalue weighted by atomic mass is 32.1. The minimum absolute atomic E-state index is 0.00186. The summed E-state index contributed by atoms with van der Waals surface area (Å²) in [7, 11) is 5.37. The number of rotatable bonds is 10. The predicted octanol–water partition coefficient (Wildman–Crippen LogP) is 6.87. The van der Waals surface area contributed by atoms with Gasteiger partial charge < -0.3 is 29.4 Å². The first-order valence-corrected chi connectivity index (χ1v) is 25.1. The highest BCUT2D eigenvalue weighted by Gasteiger charge is 2.51. The summed E-state index contributed by atoms with van der Waals surface area (Å²) < 4.78 is 14.1. The molecule has 0 radical (unpaired) electrons. The van der Waals surface area contributed by atoms with Crippen molar-refractivity contribution in [3.63, 3.8) is 0 Å². The van der Waals surface area contributed by atoms with Crippen LogP contribution < -0.4 is 10.7 Å². The van der Waals surface area contributed by atoms with E-state index in [0.717, 1.165) is 50.2 Å². The van der Waals surface area contributed by atoms with Crippen LogP contribution in [0.15, 0.2) is 72.2 Å². The molecule has 3 amide bonds. The van der Waals surface area contributed by atoms with Crippen LogP contribution in [0, 0.1) is 17.3 Å². The van der Waals surface area contributed by atoms with Crippen molar-refractivity contribution in [1.82, 2.24) is 40.1 Å². The minimum Gasteiger partial charge on any atom is -0.462 e. The number of cyclic esters (lactones) is 1. The third-order valence-corrected chi connectivity index (χ3v) is 15.7. The molecule has 0 spiro atoms. The maximum Gasteiger partial charge on any atom is 0.355 e. The Morgan fingerprint density at radius 2 is 1.83 bits per heavy atom. The lowest BCUT2D eigenvalue weighted by Crippen LogP contribution is -2.67. The summed E-state index contributed by atoms with van der Waals surface area (Å²) in [6, 6.07) is 18.2. The first-order chi connectivity index (χ1) is 32.8. The number of ether oxygens (including phenoxy) is 2. The average Bonchev–Trinajstić information content (AvgIpc) is 4.02. The maximum atomic E-state index is 14.8. The van der Waals surface area contributed by atoms with Crippen molar-refractivity contribution in [2.45, 2.75) is 117 Å². The summed E-state index contributed by atoms with van der Waals surface area (Å²) in [5.74, 6) is -2.86. The zero-order valence-electron chi connectivity index (χ0n) is 41.7. The Labute approximate surface area is 409 Å². The van der Waals surface area contributed by atoms with Gasteiger partial charge in [0.15, 0.2) is 0 Å². The molecule has 69 heavy (non-hydrogen) atoms. The topological polar surface area (TPSA) is 171 Å². The quantitative estimate of drug-likeness (QED) is 0.125. The van der Waals surface area contributed by atoms with Gasteiger partial charge in [-0.1, -0.05) is 64.1 Å². The number of hydrogen-bond acceptors (Lipinski definition) is 12. The lowest BCUT2D eigenvalue weighted by atomic mass is 9.79. The van der Waals surface area contributed by atoms with E-state index in [1.54, 1.807) is 25.3 Å². The molecule has 368 valence electrons. The Hall–Kier alpha value is -5.52. The van der Waals surface area contributed by atoms with Crippen LogP contribution in [-0.2, 0) is 53.6 Å². The van der Waals surface area contributed by atoms with Gasteiger partial charge in [0.05, 0.1) is 46.3 Å². The lowest BCUT2D eigenvalue weighted by molar-refractivity contribution is -0.189. The molecule has 3 aromatic heterocycles. The number of thiazole rings is 1. The number of aryl methyl sites for hydroxylation is 1. The number of aliphatic hydroxyl groups is 1. The summed E-state index contributed by atoms with van der Waals surface area (Å²) in [6.45, 7) is 15.5. The molecule has 2 saturated heterocycles. The van der Waals surface area contributed by atoms with E-state index in [2.05, 4.69) is 58.3 Å². The van der Waals surface area contributed by atoms with Crippen LogP contribution in [0.1, 0.15) is 95.7 Å². The van der Waals surface area contributed by atoms with E-state index in [9.17, 15) is 24.3 Å². The molecule has 0 unspecified atom stereocenters. The van der Waals surface area contributed by atoms with E-state index in [1.807, 2.05) is 83.4 Å². The van der Waals surface area contributed by atoms with Gasteiger partial charge in [0.25, 0.3) is 5.91 Å². The van der Waals surface area contributed by atoms with Crippen molar-refractivity contribution in [3.05, 3.63) is 94.1 Å². The SMILES string of the molecule is CCn1c(-c2cccnc2[C@H](C)OC)c2c3cc(ccc31)-c1csc(n1)C[C@H](NC(=O)[C@H](C(C)C)N(C)C(=O)[C@@H]1CCN(C)[C@@]1(C)c1ccccc1)C(=O)N1CCC[C@@](O)(N1)C(=O)OCC(C)(C)C2. The van der Waals surface area contributed by atoms with Crippen LogP contribution in [0.25, 0.3) is 33.4 Å². The molecule has 2 fully saturated rings. The molecule has 3 aliphatic heterocycles. The van der Waals surface area contributed by atoms with Crippen molar-refractivity contribution < 1.29 is 33.8 Å². The highest BCUT2D eigenvalue weighted by Crippen LogP contribution is 2.44. The van der Waals surface area contributed by atoms with Crippen LogP contribution in [0.5, 0.6) is 0 Å². The molecular formula is C53H68N8O7S. The summed E-state index contributed by atoms with van der Waals surface area (Å²) in [5.41, 5.74) is 6.79. The smallest absolute Gasteiger partial charge is 0.355 e. The van der Waals surface area contributed by atoms with E-state index in [4.69, 9.17) is 19.4 Å². The number of methoxy groups -OCH3 is 1. The molecule has 0 aliphatic carbocycles. The number of fused-ring (bicyclic) bond motifs is 6. The summed E-state index contributed by atoms with van der Waals surface area (Å²) in [5, 5.41) is 19.8. The fourth-order valence-electron chi connectivity index (χ4n) is 10.8. The van der Waals surface area contributed by atoms with Crippen molar-refractivity contribution in [1.29, 1.82) is 0 Å². The largest absolute Gasteiger partial charge is 0.462 e. The number of nitrogens with one attached hydrogen (secondary N) is 2. The third-order valence-electron chi connectivity index (χ3n) is 14.8. The van der Waals surface area contributed by atoms with Crippen molar-refractivity contribution >= 4 is 45.9 Å². The first-order valence-electron chi connectivity index (χ1n) is 24.2. The predicted molar refractivity (Wildman–Crippen MR) is 266 cm³/mol. The number of nitrogens with zero attached hydrogens (tertiary/aromatic N) is 6. The van der Waals surface area contributed by atoms with E-state index < -0.39 is 52.5 Å². The van der Waals surface area contributed by atoms with Gasteiger partial charge in [0, 0.05) is 79.1 Å². The average molecular weight is 961 g/mol. The van der Waals surface area contributed by atoms with Gasteiger partial charge in [-0.2, -0.15) is 5.43 Å². The molecule has 15 nitrogen and oxygen atoms in total. The molecule has 3 N–H and O–H groups in total. The molecule has 6 heterocycles. The normalized spacial score (nSPS) is 24.2. The number of hydrazine groups is 1. The van der Waals surface area contributed by atoms with Gasteiger partial charge >= 0.3 is 5.97 Å². The Bertz CT molecular complexity index is 2720. The Morgan fingerprint density at radius 3 is 2.54 bits per heavy atom. The monoisotopic (exact) mass is 960 g/mol. The fourth-order valence-corrected chi connectivity index (χ4v) is 11.7. The fraction of sp³-hybridized carbons (Fsp3) is 0.509. The number of carbonyl (C=O) groups is 4. The van der Waals surface area contributed by atoms with E-state index in [0.29, 0.717) is 30.9 Å². The molecule has 5 aromatic rings. The lowest BCUT2D eigenvalue weighted by Gasteiger charge is -2.41. The summed E-state index contributed by atoms with van der Waals surface area (Å²) >= 11 is 1.38. The number of amides is 3. The number of pyridine rings is 1. The second-order valence-corrected chi connectivity index (χ2v) is 21.3. The molecule has 6 atom stereocenters. The van der Waals surface area contributed by atoms with Crippen molar-refractivity contribution in [2.24, 2.45) is 17.3 Å². The van der Waals surface area contributed by atoms with Crippen LogP contribution in [0.3, 0.4) is 0 Å². The van der Waals surface area contributed by atoms with Crippen LogP contribution in [-0.4, -0.2) is 117 Å². The van der Waals surface area contributed by atoms with Crippen LogP contribution in [0.2, 0.25) is 0 Å². The number of carbonyl (C=O) groups excluding carboxylic acids is 4. The standard InChI is InChI=1S/C53H68N8O7S/c1-11-60-42-21-20-34-27-37(42)38(46(60)36-19-15-24-54-44(36)33(4)67-10)29-51(5,6)31-68-50(65)53(66)23-16-25-61(57-53)49(64)40(28-43-55-41(34)30-69-43)56-47(62)45(32(2)3)59(9)48(63)39-22-26-58(8)52(39,7)35-17-13-12-14-18-35/h12-15,17-21,24,27,30,32-33,39-40,45,57,66H,11,16,22-23,25-26,28-29,31H2,1-10H3,(H,56,62)/t33-,39-,40-,45-,52-,53-/m0/s1. The number of hydrogen-bond donors (Lipinski definition) is 3. The molecule has 0 saturated carbocycles. The second-order valence-electron chi connectivity index (χ2n) is 20.4. The minimum atomic E-state index is -2.22. The van der Waals surface area contributed by atoms with Crippen molar-refractivity contribution in [2.75, 3.05) is 40.9 Å². The van der Waals surface area contributed by atoms with E-state index in [-0.39, 0.29) is 50.3 Å². The Morgan fingerprint density at radius 1 is 1.07 bits per heavy atom. The van der Waals surface area contributed by atoms with Gasteiger partial charge in [0.1, 0.15) is 12.1 Å². The number of aromatic nitrogens is 3. The molecule has 6 bridgehead atoms. The molecule has 2 aromatic carbocycles. The first kappa shape index (κ1) is 49.9. The zero-order chi connectivity index (χ0) is 49.6. The van der Waals surface area contributed by atoms with Crippen LogP contribution in [0.4, 0.5) is 0 Å². The Kier molecular flexibility index (Phi) is 14.2. The number of likely N-dealkylation sites (N-methyl/N-ethyl adjacent to an activating group) is 1. The molecule has 16 heteroatoms. The van der Waals surface area contributed by atoms with Gasteiger partial charge in [-0.3, -0.25) is 29.3 Å². The second kappa shape index (κ2) is 19.7. The molecular weight excluding hydrogens is 893 g/mol. The van der Waals surface area contributed by atoms with Gasteiger partial charge in [-0.15, -0.1) is 11.3 Å². The number of esters is 1. The summed E-state index contributed by atoms with van der Waals surface area (Å²) in [6.07, 6.45) is 2.91. The Balaban J connectivity index is 1.18. The molecule has 8 rings (SSSR count). The van der Waals surface area contributed by atoms with E-state index >= 15 is 0 Å². The van der Waals surface area contributed by atoms with Gasteiger partial charge in [0.2, 0.25) is 17.5 Å². The van der Waals surface area contributed by atoms with Crippen LogP contribution >= 0.6 is 11.3 Å². The van der Waals surface area contributed by atoms with E-state index in [1.165, 1.54) is 16.3 Å². The summed E-state index contributed by atoms with van der Waals surface area (Å²) in [4.78, 5) is 71.9. The van der Waals surface area contributed by atoms with Gasteiger partial charge in [-0.25, -0.2) is 9.78 Å². The highest BCUT2D eigenvalue weighted by molar-refractivity contribution is 7.10. The zero-order valence-corrected chi connectivity index (χ0v) is 42.5. The third kappa shape index (κ3) is 9.45. The number of benzene rings is 2. The maximum absolute atomic E-state index is 14.8. The van der Waals surface area contributed by atoms with Crippen molar-refractivity contribution in [3.8, 4) is 22.5 Å². The molecule has 3 aliphatic rings. The van der Waals surface area contributed by atoms with Gasteiger partial charge in [-0.05, 0) is 94.9 Å². The number of likely N-dealkylation sites (tertiary alicyclic amines) is 1.